The van der Waals surface area contributed by atoms with Gasteiger partial charge in [0.15, 0.2) is 0 Å². The molecule has 0 saturated heterocycles. The lowest BCUT2D eigenvalue weighted by molar-refractivity contribution is 0.418. The topological polar surface area (TPSA) is 42.7 Å². The first-order valence-corrected chi connectivity index (χ1v) is 8.96. The minimum atomic E-state index is 0.329. The number of aromatic nitrogens is 3. The molecule has 2 heterocycles. The van der Waals surface area contributed by atoms with Crippen molar-refractivity contribution in [2.24, 2.45) is 0 Å². The number of nitrogens with one attached hydrogen (secondary N) is 1. The Hall–Kier alpha value is -1.98. The van der Waals surface area contributed by atoms with Crippen molar-refractivity contribution in [3.8, 4) is 5.69 Å². The summed E-state index contributed by atoms with van der Waals surface area (Å²) in [7, 11) is 0. The van der Waals surface area contributed by atoms with Crippen LogP contribution in [0.3, 0.4) is 0 Å². The molecular weight excluding hydrogens is 304 g/mol. The molecule has 3 aromatic rings. The summed E-state index contributed by atoms with van der Waals surface area (Å²) < 4.78 is 1.78. The van der Waals surface area contributed by atoms with Gasteiger partial charge in [0.2, 0.25) is 0 Å². The summed E-state index contributed by atoms with van der Waals surface area (Å²) >= 11 is 1.90. The summed E-state index contributed by atoms with van der Waals surface area (Å²) in [5, 5.41) is 10.2. The van der Waals surface area contributed by atoms with Gasteiger partial charge in [-0.15, -0.1) is 11.3 Å². The van der Waals surface area contributed by atoms with Gasteiger partial charge in [0, 0.05) is 17.0 Å². The molecule has 0 saturated carbocycles. The van der Waals surface area contributed by atoms with E-state index in [0.29, 0.717) is 12.1 Å². The Morgan fingerprint density at radius 2 is 2.13 bits per heavy atom. The highest BCUT2D eigenvalue weighted by molar-refractivity contribution is 7.10. The zero-order valence-electron chi connectivity index (χ0n) is 13.1. The molecule has 0 amide bonds. The molecule has 0 fully saturated rings. The first kappa shape index (κ1) is 14.6. The maximum absolute atomic E-state index is 4.16. The van der Waals surface area contributed by atoms with Crippen LogP contribution in [0.15, 0.2) is 48.4 Å². The number of benzene rings is 1. The van der Waals surface area contributed by atoms with Crippen molar-refractivity contribution in [2.45, 2.75) is 38.3 Å². The second-order valence-corrected chi connectivity index (χ2v) is 7.06. The lowest BCUT2D eigenvalue weighted by atomic mass is 9.93. The van der Waals surface area contributed by atoms with Crippen LogP contribution in [-0.4, -0.2) is 14.8 Å². The van der Waals surface area contributed by atoms with Crippen molar-refractivity contribution in [1.82, 2.24) is 20.1 Å². The molecule has 1 N–H and O–H groups in total. The minimum Gasteiger partial charge on any atom is -0.303 e. The molecule has 4 rings (SSSR count). The molecule has 23 heavy (non-hydrogen) atoms. The molecule has 1 aliphatic carbocycles. The van der Waals surface area contributed by atoms with Crippen LogP contribution in [0.2, 0.25) is 0 Å². The molecule has 2 aromatic heterocycles. The van der Waals surface area contributed by atoms with Crippen molar-refractivity contribution in [2.75, 3.05) is 0 Å². The highest BCUT2D eigenvalue weighted by Crippen LogP contribution is 2.34. The third kappa shape index (κ3) is 2.94. The van der Waals surface area contributed by atoms with Gasteiger partial charge in [-0.05, 0) is 60.9 Å². The van der Waals surface area contributed by atoms with Crippen LogP contribution in [0.25, 0.3) is 5.69 Å². The molecule has 0 radical (unpaired) electrons. The van der Waals surface area contributed by atoms with Gasteiger partial charge in [-0.1, -0.05) is 12.1 Å². The smallest absolute Gasteiger partial charge is 0.138 e. The van der Waals surface area contributed by atoms with Gasteiger partial charge < -0.3 is 5.32 Å². The van der Waals surface area contributed by atoms with Crippen LogP contribution in [0, 0.1) is 0 Å². The van der Waals surface area contributed by atoms with Crippen LogP contribution in [0.1, 0.15) is 47.9 Å². The van der Waals surface area contributed by atoms with Crippen molar-refractivity contribution in [1.29, 1.82) is 0 Å². The molecule has 1 aromatic carbocycles. The van der Waals surface area contributed by atoms with Crippen LogP contribution in [-0.2, 0) is 6.42 Å². The fourth-order valence-electron chi connectivity index (χ4n) is 3.31. The van der Waals surface area contributed by atoms with Gasteiger partial charge >= 0.3 is 0 Å². The predicted molar refractivity (Wildman–Crippen MR) is 92.9 cm³/mol. The van der Waals surface area contributed by atoms with Crippen molar-refractivity contribution in [3.05, 3.63) is 64.4 Å². The van der Waals surface area contributed by atoms with Gasteiger partial charge in [-0.2, -0.15) is 5.10 Å². The molecule has 5 heteroatoms. The van der Waals surface area contributed by atoms with E-state index in [-0.39, 0.29) is 0 Å². The van der Waals surface area contributed by atoms with Crippen molar-refractivity contribution < 1.29 is 0 Å². The fraction of sp³-hybridized carbons (Fsp3) is 0.333. The number of hydrogen-bond acceptors (Lipinski definition) is 4. The van der Waals surface area contributed by atoms with E-state index in [1.54, 1.807) is 22.2 Å². The molecule has 2 atom stereocenters. The molecule has 0 bridgehead atoms. The third-order valence-corrected chi connectivity index (χ3v) is 5.58. The first-order chi connectivity index (χ1) is 11.3. The second-order valence-electron chi connectivity index (χ2n) is 6.06. The van der Waals surface area contributed by atoms with E-state index < -0.39 is 0 Å². The van der Waals surface area contributed by atoms with Gasteiger partial charge in [0.1, 0.15) is 12.7 Å². The van der Waals surface area contributed by atoms with E-state index >= 15 is 0 Å². The zero-order chi connectivity index (χ0) is 15.6. The molecule has 0 spiro atoms. The van der Waals surface area contributed by atoms with Gasteiger partial charge in [0.25, 0.3) is 0 Å². The van der Waals surface area contributed by atoms with Crippen molar-refractivity contribution in [3.63, 3.8) is 0 Å². The summed E-state index contributed by atoms with van der Waals surface area (Å²) in [4.78, 5) is 5.55. The molecule has 118 valence electrons. The third-order valence-electron chi connectivity index (χ3n) is 4.58. The standard InChI is InChI=1S/C18H20N4S/c1-13(21-17-3-2-4-18-16(17)9-10-23-18)14-5-7-15(8-6-14)22-12-19-11-20-22/h5-13,17,21H,2-4H2,1H3/t13-,17-/m0/s1. The molecule has 0 aliphatic heterocycles. The average Bonchev–Trinajstić information content (AvgIpc) is 3.27. The van der Waals surface area contributed by atoms with Crippen LogP contribution in [0.5, 0.6) is 0 Å². The van der Waals surface area contributed by atoms with Crippen LogP contribution >= 0.6 is 11.3 Å². The number of hydrogen-bond donors (Lipinski definition) is 1. The Bertz CT molecular complexity index is 761. The van der Waals surface area contributed by atoms with Gasteiger partial charge in [-0.25, -0.2) is 9.67 Å². The molecule has 4 nitrogen and oxygen atoms in total. The van der Waals surface area contributed by atoms with E-state index in [2.05, 4.69) is 58.0 Å². The molecule has 1 aliphatic rings. The Morgan fingerprint density at radius 3 is 2.91 bits per heavy atom. The molecular formula is C18H20N4S. The minimum absolute atomic E-state index is 0.329. The number of thiophene rings is 1. The quantitative estimate of drug-likeness (QED) is 0.787. The highest BCUT2D eigenvalue weighted by atomic mass is 32.1. The van der Waals surface area contributed by atoms with Gasteiger partial charge in [-0.3, -0.25) is 0 Å². The summed E-state index contributed by atoms with van der Waals surface area (Å²) in [5.41, 5.74) is 3.85. The van der Waals surface area contributed by atoms with Crippen molar-refractivity contribution >= 4 is 11.3 Å². The lowest BCUT2D eigenvalue weighted by Crippen LogP contribution is -2.27. The van der Waals surface area contributed by atoms with Crippen LogP contribution in [0.4, 0.5) is 0 Å². The Kier molecular flexibility index (Phi) is 3.97. The Morgan fingerprint density at radius 1 is 1.26 bits per heavy atom. The van der Waals surface area contributed by atoms with Crippen LogP contribution < -0.4 is 5.32 Å². The first-order valence-electron chi connectivity index (χ1n) is 8.08. The maximum atomic E-state index is 4.16. The Labute approximate surface area is 140 Å². The Balaban J connectivity index is 1.49. The maximum Gasteiger partial charge on any atom is 0.138 e. The fourth-order valence-corrected chi connectivity index (χ4v) is 4.30. The second kappa shape index (κ2) is 6.26. The largest absolute Gasteiger partial charge is 0.303 e. The number of nitrogens with zero attached hydrogens (tertiary/aromatic N) is 3. The lowest BCUT2D eigenvalue weighted by Gasteiger charge is -2.27. The predicted octanol–water partition coefficient (Wildman–Crippen LogP) is 4.06. The summed E-state index contributed by atoms with van der Waals surface area (Å²) in [6.07, 6.45) is 7.02. The van der Waals surface area contributed by atoms with E-state index in [1.807, 2.05) is 11.3 Å². The zero-order valence-corrected chi connectivity index (χ0v) is 14.0. The van der Waals surface area contributed by atoms with E-state index in [4.69, 9.17) is 0 Å². The average molecular weight is 324 g/mol. The summed E-state index contributed by atoms with van der Waals surface area (Å²) in [6.45, 7) is 2.24. The summed E-state index contributed by atoms with van der Waals surface area (Å²) in [5.74, 6) is 0. The van der Waals surface area contributed by atoms with E-state index in [9.17, 15) is 0 Å². The van der Waals surface area contributed by atoms with Gasteiger partial charge in [0.05, 0.1) is 5.69 Å². The summed E-state index contributed by atoms with van der Waals surface area (Å²) in [6, 6.07) is 11.6. The highest BCUT2D eigenvalue weighted by Gasteiger charge is 2.22. The number of fused-ring (bicyclic) bond motifs is 1. The SMILES string of the molecule is C[C@H](N[C@H]1CCCc2sccc21)c1ccc(-n2cncn2)cc1. The normalized spacial score (nSPS) is 18.6. The monoisotopic (exact) mass is 324 g/mol. The molecule has 0 unspecified atom stereocenters. The van der Waals surface area contributed by atoms with E-state index in [0.717, 1.165) is 5.69 Å². The number of aryl methyl sites for hydroxylation is 1. The van der Waals surface area contributed by atoms with E-state index in [1.165, 1.54) is 30.4 Å². The number of rotatable bonds is 4.